The lowest BCUT2D eigenvalue weighted by molar-refractivity contribution is -0.146. The predicted octanol–water partition coefficient (Wildman–Crippen LogP) is 1.41. The van der Waals surface area contributed by atoms with E-state index in [9.17, 15) is 9.90 Å². The molecule has 1 saturated carbocycles. The van der Waals surface area contributed by atoms with E-state index in [1.807, 2.05) is 6.92 Å². The summed E-state index contributed by atoms with van der Waals surface area (Å²) in [7, 11) is 1.66. The summed E-state index contributed by atoms with van der Waals surface area (Å²) >= 11 is 0. The minimum absolute atomic E-state index is 0.0748. The molecule has 0 heterocycles. The number of carbonyl (C=O) groups is 1. The highest BCUT2D eigenvalue weighted by Crippen LogP contribution is 2.25. The number of carboxylic acid groups (broad SMARTS) is 1. The van der Waals surface area contributed by atoms with Gasteiger partial charge in [0.1, 0.15) is 5.54 Å². The van der Waals surface area contributed by atoms with Crippen LogP contribution in [-0.2, 0) is 14.3 Å². The van der Waals surface area contributed by atoms with Gasteiger partial charge in [-0.1, -0.05) is 0 Å². The first-order valence-corrected chi connectivity index (χ1v) is 6.59. The first-order valence-electron chi connectivity index (χ1n) is 6.59. The Hall–Kier alpha value is -0.650. The van der Waals surface area contributed by atoms with Crippen molar-refractivity contribution in [3.8, 4) is 0 Å². The highest BCUT2D eigenvalue weighted by atomic mass is 16.5. The topological polar surface area (TPSA) is 67.8 Å². The Morgan fingerprint density at radius 1 is 1.50 bits per heavy atom. The Morgan fingerprint density at radius 3 is 2.67 bits per heavy atom. The van der Waals surface area contributed by atoms with Crippen molar-refractivity contribution in [2.45, 2.75) is 57.2 Å². The largest absolute Gasteiger partial charge is 0.480 e. The van der Waals surface area contributed by atoms with Crippen molar-refractivity contribution in [2.24, 2.45) is 0 Å². The van der Waals surface area contributed by atoms with E-state index in [1.165, 1.54) is 0 Å². The second-order valence-electron chi connectivity index (χ2n) is 5.29. The molecule has 18 heavy (non-hydrogen) atoms. The normalized spacial score (nSPS) is 20.4. The lowest BCUT2D eigenvalue weighted by Gasteiger charge is -2.29. The van der Waals surface area contributed by atoms with E-state index >= 15 is 0 Å². The van der Waals surface area contributed by atoms with E-state index in [4.69, 9.17) is 9.47 Å². The average molecular weight is 259 g/mol. The molecule has 2 unspecified atom stereocenters. The van der Waals surface area contributed by atoms with Crippen LogP contribution in [0.25, 0.3) is 0 Å². The van der Waals surface area contributed by atoms with Crippen LogP contribution < -0.4 is 5.32 Å². The molecular formula is C13H25NO4. The molecule has 5 heteroatoms. The zero-order valence-corrected chi connectivity index (χ0v) is 11.6. The van der Waals surface area contributed by atoms with Gasteiger partial charge in [-0.05, 0) is 33.1 Å². The van der Waals surface area contributed by atoms with Gasteiger partial charge in [-0.2, -0.15) is 0 Å². The van der Waals surface area contributed by atoms with Crippen molar-refractivity contribution in [3.63, 3.8) is 0 Å². The summed E-state index contributed by atoms with van der Waals surface area (Å²) in [6.07, 6.45) is 3.39. The predicted molar refractivity (Wildman–Crippen MR) is 68.7 cm³/mol. The van der Waals surface area contributed by atoms with Crippen molar-refractivity contribution >= 4 is 5.97 Å². The zero-order valence-electron chi connectivity index (χ0n) is 11.6. The van der Waals surface area contributed by atoms with E-state index in [2.05, 4.69) is 5.32 Å². The molecule has 106 valence electrons. The third-order valence-corrected chi connectivity index (χ3v) is 3.16. The third kappa shape index (κ3) is 5.33. The first-order chi connectivity index (χ1) is 8.48. The van der Waals surface area contributed by atoms with E-state index < -0.39 is 11.5 Å². The molecule has 0 aromatic rings. The summed E-state index contributed by atoms with van der Waals surface area (Å²) in [5.74, 6) is -0.804. The number of hydrogen-bond donors (Lipinski definition) is 2. The van der Waals surface area contributed by atoms with Gasteiger partial charge in [-0.3, -0.25) is 10.1 Å². The summed E-state index contributed by atoms with van der Waals surface area (Å²) in [6.45, 7) is 4.93. The Labute approximate surface area is 109 Å². The minimum Gasteiger partial charge on any atom is -0.480 e. The van der Waals surface area contributed by atoms with Crippen LogP contribution in [0.5, 0.6) is 0 Å². The molecule has 0 aliphatic heterocycles. The monoisotopic (exact) mass is 259 g/mol. The van der Waals surface area contributed by atoms with Gasteiger partial charge in [-0.25, -0.2) is 0 Å². The molecule has 0 saturated heterocycles. The molecular weight excluding hydrogens is 234 g/mol. The molecule has 5 nitrogen and oxygen atoms in total. The van der Waals surface area contributed by atoms with E-state index in [1.54, 1.807) is 14.0 Å². The highest BCUT2D eigenvalue weighted by molar-refractivity contribution is 5.78. The first kappa shape index (κ1) is 15.4. The molecule has 0 radical (unpaired) electrons. The van der Waals surface area contributed by atoms with Gasteiger partial charge in [-0.15, -0.1) is 0 Å². The van der Waals surface area contributed by atoms with Crippen molar-refractivity contribution in [3.05, 3.63) is 0 Å². The van der Waals surface area contributed by atoms with E-state index in [0.717, 1.165) is 19.3 Å². The smallest absolute Gasteiger partial charge is 0.323 e. The van der Waals surface area contributed by atoms with Gasteiger partial charge in [0.25, 0.3) is 0 Å². The van der Waals surface area contributed by atoms with Crippen molar-refractivity contribution in [1.82, 2.24) is 5.32 Å². The number of nitrogens with one attached hydrogen (secondary N) is 1. The second kappa shape index (κ2) is 7.07. The van der Waals surface area contributed by atoms with Crippen LogP contribution >= 0.6 is 0 Å². The van der Waals surface area contributed by atoms with Gasteiger partial charge < -0.3 is 14.6 Å². The lowest BCUT2D eigenvalue weighted by Crippen LogP contribution is -2.52. The number of methoxy groups -OCH3 is 1. The lowest BCUT2D eigenvalue weighted by atomic mass is 9.94. The van der Waals surface area contributed by atoms with Crippen molar-refractivity contribution in [1.29, 1.82) is 0 Å². The van der Waals surface area contributed by atoms with Crippen LogP contribution in [0.2, 0.25) is 0 Å². The average Bonchev–Trinajstić information content (AvgIpc) is 3.07. The van der Waals surface area contributed by atoms with Gasteiger partial charge in [0, 0.05) is 32.8 Å². The van der Waals surface area contributed by atoms with Crippen molar-refractivity contribution in [2.75, 3.05) is 20.3 Å². The fourth-order valence-electron chi connectivity index (χ4n) is 2.01. The highest BCUT2D eigenvalue weighted by Gasteiger charge is 2.39. The summed E-state index contributed by atoms with van der Waals surface area (Å²) in [5, 5.41) is 12.5. The summed E-state index contributed by atoms with van der Waals surface area (Å²) in [6, 6.07) is 0.367. The van der Waals surface area contributed by atoms with Crippen LogP contribution in [0.1, 0.15) is 39.5 Å². The number of carboxylic acids is 1. The number of aliphatic carboxylic acids is 1. The van der Waals surface area contributed by atoms with Crippen LogP contribution in [0.4, 0.5) is 0 Å². The van der Waals surface area contributed by atoms with Gasteiger partial charge in [0.15, 0.2) is 0 Å². The maximum Gasteiger partial charge on any atom is 0.323 e. The standard InChI is InChI=1S/C13H25NO4/c1-10(18-8-4-7-17-3)9-13(2,12(15)16)14-11-5-6-11/h10-11,14H,4-9H2,1-3H3,(H,15,16). The van der Waals surface area contributed by atoms with Gasteiger partial charge >= 0.3 is 5.97 Å². The fraction of sp³-hybridized carbons (Fsp3) is 0.923. The molecule has 1 aliphatic carbocycles. The maximum atomic E-state index is 11.4. The quantitative estimate of drug-likeness (QED) is 0.581. The number of hydrogen-bond acceptors (Lipinski definition) is 4. The Bertz CT molecular complexity index is 268. The second-order valence-corrected chi connectivity index (χ2v) is 5.29. The zero-order chi connectivity index (χ0) is 13.6. The number of rotatable bonds is 10. The Balaban J connectivity index is 2.32. The molecule has 0 bridgehead atoms. The van der Waals surface area contributed by atoms with Gasteiger partial charge in [0.05, 0.1) is 6.10 Å². The number of ether oxygens (including phenoxy) is 2. The maximum absolute atomic E-state index is 11.4. The van der Waals surface area contributed by atoms with Crippen LogP contribution in [0.15, 0.2) is 0 Å². The van der Waals surface area contributed by atoms with Crippen LogP contribution in [0.3, 0.4) is 0 Å². The molecule has 0 amide bonds. The van der Waals surface area contributed by atoms with E-state index in [-0.39, 0.29) is 6.10 Å². The van der Waals surface area contributed by atoms with Gasteiger partial charge in [0.2, 0.25) is 0 Å². The molecule has 1 fully saturated rings. The molecule has 0 spiro atoms. The SMILES string of the molecule is COCCCOC(C)CC(C)(NC1CC1)C(=O)O. The van der Waals surface area contributed by atoms with Crippen molar-refractivity contribution < 1.29 is 19.4 Å². The minimum atomic E-state index is -0.887. The van der Waals surface area contributed by atoms with Crippen LogP contribution in [-0.4, -0.2) is 49.1 Å². The third-order valence-electron chi connectivity index (χ3n) is 3.16. The Kier molecular flexibility index (Phi) is 6.05. The molecule has 0 aromatic heterocycles. The summed E-state index contributed by atoms with van der Waals surface area (Å²) in [4.78, 5) is 11.4. The molecule has 1 aliphatic rings. The molecule has 2 atom stereocenters. The molecule has 1 rings (SSSR count). The summed E-state index contributed by atoms with van der Waals surface area (Å²) in [5.41, 5.74) is -0.887. The van der Waals surface area contributed by atoms with E-state index in [0.29, 0.717) is 25.7 Å². The summed E-state index contributed by atoms with van der Waals surface area (Å²) < 4.78 is 10.5. The molecule has 0 aromatic carbocycles. The fourth-order valence-corrected chi connectivity index (χ4v) is 2.01. The molecule has 2 N–H and O–H groups in total. The van der Waals surface area contributed by atoms with Crippen LogP contribution in [0, 0.1) is 0 Å². The Morgan fingerprint density at radius 2 is 2.17 bits per heavy atom.